The molecule has 17 heavy (non-hydrogen) atoms. The summed E-state index contributed by atoms with van der Waals surface area (Å²) in [5, 5.41) is 12.2. The number of thiophene rings is 1. The molecule has 0 radical (unpaired) electrons. The number of nitriles is 1. The molecule has 0 unspecified atom stereocenters. The molecule has 0 amide bonds. The van der Waals surface area contributed by atoms with Crippen molar-refractivity contribution in [1.82, 2.24) is 10.2 Å². The van der Waals surface area contributed by atoms with E-state index in [-0.39, 0.29) is 0 Å². The van der Waals surface area contributed by atoms with Gasteiger partial charge in [-0.3, -0.25) is 0 Å². The SMILES string of the molecule is N#Cc1ccc(CNCCN2CCSCC2)s1. The number of thioether (sulfide) groups is 1. The van der Waals surface area contributed by atoms with Crippen LogP contribution in [-0.4, -0.2) is 42.6 Å². The Labute approximate surface area is 111 Å². The lowest BCUT2D eigenvalue weighted by Crippen LogP contribution is -2.37. The van der Waals surface area contributed by atoms with E-state index in [1.54, 1.807) is 11.3 Å². The van der Waals surface area contributed by atoms with E-state index in [2.05, 4.69) is 16.3 Å². The molecule has 2 heterocycles. The summed E-state index contributed by atoms with van der Waals surface area (Å²) in [4.78, 5) is 4.56. The van der Waals surface area contributed by atoms with Gasteiger partial charge >= 0.3 is 0 Å². The van der Waals surface area contributed by atoms with Crippen molar-refractivity contribution in [3.63, 3.8) is 0 Å². The topological polar surface area (TPSA) is 39.1 Å². The normalized spacial score (nSPS) is 16.9. The van der Waals surface area contributed by atoms with Gasteiger partial charge in [0.05, 0.1) is 0 Å². The zero-order valence-corrected chi connectivity index (χ0v) is 11.4. The summed E-state index contributed by atoms with van der Waals surface area (Å²) in [6.45, 7) is 5.50. The molecule has 1 saturated heterocycles. The highest BCUT2D eigenvalue weighted by molar-refractivity contribution is 7.99. The Bertz CT molecular complexity index is 377. The van der Waals surface area contributed by atoms with E-state index < -0.39 is 0 Å². The third-order valence-electron chi connectivity index (χ3n) is 2.78. The summed E-state index contributed by atoms with van der Waals surface area (Å²) >= 11 is 3.63. The smallest absolute Gasteiger partial charge is 0.110 e. The molecule has 0 atom stereocenters. The highest BCUT2D eigenvalue weighted by atomic mass is 32.2. The van der Waals surface area contributed by atoms with Crippen molar-refractivity contribution in [1.29, 1.82) is 5.26 Å². The van der Waals surface area contributed by atoms with E-state index in [1.165, 1.54) is 29.5 Å². The summed E-state index contributed by atoms with van der Waals surface area (Å²) < 4.78 is 0. The van der Waals surface area contributed by atoms with Gasteiger partial charge in [-0.25, -0.2) is 0 Å². The van der Waals surface area contributed by atoms with Crippen molar-refractivity contribution in [2.45, 2.75) is 6.54 Å². The Morgan fingerprint density at radius 1 is 1.35 bits per heavy atom. The van der Waals surface area contributed by atoms with Crippen LogP contribution in [0.15, 0.2) is 12.1 Å². The predicted octanol–water partition coefficient (Wildman–Crippen LogP) is 1.76. The number of rotatable bonds is 5. The van der Waals surface area contributed by atoms with Gasteiger partial charge in [-0.05, 0) is 12.1 Å². The molecule has 1 fully saturated rings. The van der Waals surface area contributed by atoms with Gasteiger partial charge in [0.2, 0.25) is 0 Å². The molecule has 2 rings (SSSR count). The number of hydrogen-bond acceptors (Lipinski definition) is 5. The Morgan fingerprint density at radius 3 is 2.88 bits per heavy atom. The molecule has 0 aliphatic carbocycles. The van der Waals surface area contributed by atoms with E-state index >= 15 is 0 Å². The third kappa shape index (κ3) is 4.32. The van der Waals surface area contributed by atoms with Gasteiger partial charge in [0.1, 0.15) is 10.9 Å². The summed E-state index contributed by atoms with van der Waals surface area (Å²) in [5.41, 5.74) is 0. The summed E-state index contributed by atoms with van der Waals surface area (Å²) in [6.07, 6.45) is 0. The first kappa shape index (κ1) is 12.9. The van der Waals surface area contributed by atoms with Gasteiger partial charge in [-0.15, -0.1) is 11.3 Å². The quantitative estimate of drug-likeness (QED) is 0.825. The van der Waals surface area contributed by atoms with Crippen molar-refractivity contribution in [3.8, 4) is 6.07 Å². The van der Waals surface area contributed by atoms with Gasteiger partial charge in [-0.1, -0.05) is 0 Å². The minimum absolute atomic E-state index is 0.801. The average molecular weight is 267 g/mol. The van der Waals surface area contributed by atoms with E-state index in [0.717, 1.165) is 24.5 Å². The van der Waals surface area contributed by atoms with Crippen LogP contribution in [0.2, 0.25) is 0 Å². The molecule has 0 spiro atoms. The second kappa shape index (κ2) is 7.02. The summed E-state index contributed by atoms with van der Waals surface area (Å²) in [6, 6.07) is 6.10. The fourth-order valence-electron chi connectivity index (χ4n) is 1.81. The monoisotopic (exact) mass is 267 g/mol. The van der Waals surface area contributed by atoms with E-state index in [9.17, 15) is 0 Å². The highest BCUT2D eigenvalue weighted by Crippen LogP contribution is 2.14. The Morgan fingerprint density at radius 2 is 2.18 bits per heavy atom. The molecular formula is C12H17N3S2. The van der Waals surface area contributed by atoms with Gasteiger partial charge < -0.3 is 10.2 Å². The van der Waals surface area contributed by atoms with Crippen LogP contribution in [0, 0.1) is 11.3 Å². The summed E-state index contributed by atoms with van der Waals surface area (Å²) in [5.74, 6) is 2.55. The number of hydrogen-bond donors (Lipinski definition) is 1. The Kier molecular flexibility index (Phi) is 5.33. The van der Waals surface area contributed by atoms with Crippen LogP contribution in [0.25, 0.3) is 0 Å². The zero-order valence-electron chi connectivity index (χ0n) is 9.82. The van der Waals surface area contributed by atoms with E-state index in [4.69, 9.17) is 5.26 Å². The zero-order chi connectivity index (χ0) is 11.9. The molecular weight excluding hydrogens is 250 g/mol. The highest BCUT2D eigenvalue weighted by Gasteiger charge is 2.09. The van der Waals surface area contributed by atoms with Crippen LogP contribution in [0.5, 0.6) is 0 Å². The minimum atomic E-state index is 0.801. The molecule has 1 aliphatic heterocycles. The lowest BCUT2D eigenvalue weighted by atomic mass is 10.4. The van der Waals surface area contributed by atoms with Crippen LogP contribution in [0.3, 0.4) is 0 Å². The molecule has 0 saturated carbocycles. The van der Waals surface area contributed by atoms with Gasteiger partial charge in [0.25, 0.3) is 0 Å². The molecule has 1 N–H and O–H groups in total. The molecule has 92 valence electrons. The first-order valence-corrected chi connectivity index (χ1v) is 7.85. The molecule has 3 nitrogen and oxygen atoms in total. The Hall–Kier alpha value is -0.540. The van der Waals surface area contributed by atoms with E-state index in [0.29, 0.717) is 0 Å². The Balaban J connectivity index is 1.61. The number of nitrogens with one attached hydrogen (secondary N) is 1. The second-order valence-corrected chi connectivity index (χ2v) is 6.40. The van der Waals surface area contributed by atoms with Gasteiger partial charge in [-0.2, -0.15) is 17.0 Å². The number of nitrogens with zero attached hydrogens (tertiary/aromatic N) is 2. The maximum absolute atomic E-state index is 8.72. The molecule has 1 aromatic rings. The third-order valence-corrected chi connectivity index (χ3v) is 4.71. The fraction of sp³-hybridized carbons (Fsp3) is 0.583. The molecule has 1 aromatic heterocycles. The predicted molar refractivity (Wildman–Crippen MR) is 74.5 cm³/mol. The molecule has 5 heteroatoms. The molecule has 0 aromatic carbocycles. The van der Waals surface area contributed by atoms with Crippen LogP contribution >= 0.6 is 23.1 Å². The van der Waals surface area contributed by atoms with Crippen LogP contribution in [0.4, 0.5) is 0 Å². The van der Waals surface area contributed by atoms with E-state index in [1.807, 2.05) is 23.9 Å². The second-order valence-electron chi connectivity index (χ2n) is 4.01. The summed E-state index contributed by atoms with van der Waals surface area (Å²) in [7, 11) is 0. The largest absolute Gasteiger partial charge is 0.311 e. The van der Waals surface area contributed by atoms with Crippen LogP contribution in [-0.2, 0) is 6.54 Å². The first-order chi connectivity index (χ1) is 8.38. The lowest BCUT2D eigenvalue weighted by molar-refractivity contribution is 0.301. The van der Waals surface area contributed by atoms with Crippen molar-refractivity contribution in [3.05, 3.63) is 21.9 Å². The van der Waals surface area contributed by atoms with Crippen molar-refractivity contribution >= 4 is 23.1 Å². The first-order valence-electron chi connectivity index (χ1n) is 5.88. The molecule has 0 bridgehead atoms. The molecule has 1 aliphatic rings. The van der Waals surface area contributed by atoms with Crippen molar-refractivity contribution < 1.29 is 0 Å². The maximum Gasteiger partial charge on any atom is 0.110 e. The van der Waals surface area contributed by atoms with Crippen molar-refractivity contribution in [2.75, 3.05) is 37.7 Å². The maximum atomic E-state index is 8.72. The fourth-order valence-corrected chi connectivity index (χ4v) is 3.56. The average Bonchev–Trinajstić information content (AvgIpc) is 2.84. The van der Waals surface area contributed by atoms with Gasteiger partial charge in [0.15, 0.2) is 0 Å². The lowest BCUT2D eigenvalue weighted by Gasteiger charge is -2.25. The minimum Gasteiger partial charge on any atom is -0.311 e. The standard InChI is InChI=1S/C12H17N3S2/c13-9-11-1-2-12(17-11)10-14-3-4-15-5-7-16-8-6-15/h1-2,14H,3-8,10H2. The van der Waals surface area contributed by atoms with Crippen LogP contribution < -0.4 is 5.32 Å². The van der Waals surface area contributed by atoms with Crippen molar-refractivity contribution in [2.24, 2.45) is 0 Å². The van der Waals surface area contributed by atoms with Gasteiger partial charge in [0, 0.05) is 49.1 Å². The van der Waals surface area contributed by atoms with Crippen LogP contribution in [0.1, 0.15) is 9.75 Å².